The molecule has 4 heterocycles. The van der Waals surface area contributed by atoms with Crippen LogP contribution in [0.5, 0.6) is 23.3 Å². The molecular weight excluding hydrogens is 938 g/mol. The molecule has 1 aliphatic heterocycles. The number of carbonyl (C=O) groups is 1. The molecule has 69 heavy (non-hydrogen) atoms. The lowest BCUT2D eigenvalue weighted by atomic mass is 9.98. The maximum atomic E-state index is 18.0. The first kappa shape index (κ1) is 50.4. The molecule has 366 valence electrons. The number of rotatable bonds is 16. The van der Waals surface area contributed by atoms with E-state index in [1.165, 1.54) is 19.2 Å². The van der Waals surface area contributed by atoms with Gasteiger partial charge < -0.3 is 38.3 Å². The molecule has 6 aromatic rings. The highest BCUT2D eigenvalue weighted by Crippen LogP contribution is 2.51. The summed E-state index contributed by atoms with van der Waals surface area (Å²) in [6.07, 6.45) is -4.95. The fourth-order valence-electron chi connectivity index (χ4n) is 7.83. The molecule has 3 aromatic heterocycles. The SMILES string of the molecule is COc1ccc(CN(Cc2ccc(OC)cc2)c2cc(C)c(C(F)(F)F)c(-c3c(Cl)c4c5c(nc(OCCO[Si](C)(C)C(C)(C)C)nc5c3F)N([C@H](C)c3cccnc3NC(=O)O)CCO4)n2)cc1. The van der Waals surface area contributed by atoms with E-state index in [1.54, 1.807) is 67.3 Å². The lowest BCUT2D eigenvalue weighted by Gasteiger charge is -2.36. The van der Waals surface area contributed by atoms with Crippen molar-refractivity contribution in [3.63, 3.8) is 0 Å². The topological polar surface area (TPSA) is 154 Å². The van der Waals surface area contributed by atoms with Crippen LogP contribution in [0.2, 0.25) is 23.2 Å². The zero-order valence-corrected chi connectivity index (χ0v) is 41.5. The van der Waals surface area contributed by atoms with Gasteiger partial charge in [0.15, 0.2) is 19.9 Å². The number of hydrogen-bond donors (Lipinski definition) is 2. The lowest BCUT2D eigenvalue weighted by molar-refractivity contribution is -0.137. The van der Waals surface area contributed by atoms with Gasteiger partial charge in [0.2, 0.25) is 0 Å². The van der Waals surface area contributed by atoms with Gasteiger partial charge in [0.1, 0.15) is 47.7 Å². The highest BCUT2D eigenvalue weighted by atomic mass is 35.5. The maximum absolute atomic E-state index is 18.0. The van der Waals surface area contributed by atoms with Crippen LogP contribution in [0, 0.1) is 12.7 Å². The maximum Gasteiger partial charge on any atom is 0.418 e. The second-order valence-corrected chi connectivity index (χ2v) is 23.2. The van der Waals surface area contributed by atoms with Gasteiger partial charge in [-0.05, 0) is 85.1 Å². The van der Waals surface area contributed by atoms with E-state index >= 15 is 17.6 Å². The molecule has 1 atom stereocenters. The van der Waals surface area contributed by atoms with Crippen LogP contribution in [0.4, 0.5) is 39.8 Å². The van der Waals surface area contributed by atoms with E-state index in [1.807, 2.05) is 24.3 Å². The van der Waals surface area contributed by atoms with Crippen molar-refractivity contribution in [3.8, 4) is 34.5 Å². The van der Waals surface area contributed by atoms with Crippen LogP contribution in [0.15, 0.2) is 72.9 Å². The Kier molecular flexibility index (Phi) is 14.8. The van der Waals surface area contributed by atoms with E-state index in [2.05, 4.69) is 54.1 Å². The monoisotopic (exact) mass is 991 g/mol. The van der Waals surface area contributed by atoms with Crippen LogP contribution in [0.3, 0.4) is 0 Å². The number of alkyl halides is 3. The first-order valence-corrected chi connectivity index (χ1v) is 25.3. The van der Waals surface area contributed by atoms with E-state index in [9.17, 15) is 9.90 Å². The van der Waals surface area contributed by atoms with Crippen molar-refractivity contribution in [1.29, 1.82) is 0 Å². The van der Waals surface area contributed by atoms with Gasteiger partial charge in [0, 0.05) is 24.8 Å². The first-order valence-electron chi connectivity index (χ1n) is 22.1. The van der Waals surface area contributed by atoms with Crippen LogP contribution in [-0.4, -0.2) is 80.0 Å². The van der Waals surface area contributed by atoms with Crippen molar-refractivity contribution in [1.82, 2.24) is 19.9 Å². The number of nitrogens with zero attached hydrogens (tertiary/aromatic N) is 6. The van der Waals surface area contributed by atoms with Crippen LogP contribution in [0.1, 0.15) is 61.6 Å². The van der Waals surface area contributed by atoms with E-state index in [-0.39, 0.29) is 84.7 Å². The second-order valence-electron chi connectivity index (χ2n) is 18.0. The molecule has 0 radical (unpaired) electrons. The molecule has 0 unspecified atom stereocenters. The first-order chi connectivity index (χ1) is 32.6. The van der Waals surface area contributed by atoms with Gasteiger partial charge in [-0.25, -0.2) is 19.2 Å². The molecule has 0 aliphatic carbocycles. The third-order valence-electron chi connectivity index (χ3n) is 12.5. The van der Waals surface area contributed by atoms with Crippen molar-refractivity contribution in [2.24, 2.45) is 0 Å². The molecule has 20 heteroatoms. The predicted octanol–water partition coefficient (Wildman–Crippen LogP) is 11.9. The van der Waals surface area contributed by atoms with Crippen molar-refractivity contribution in [3.05, 3.63) is 112 Å². The summed E-state index contributed by atoms with van der Waals surface area (Å²) >= 11 is 7.16. The molecule has 0 bridgehead atoms. The quantitative estimate of drug-likeness (QED) is 0.0538. The largest absolute Gasteiger partial charge is 0.497 e. The van der Waals surface area contributed by atoms with Gasteiger partial charge in [-0.2, -0.15) is 23.1 Å². The number of halogens is 5. The average molecular weight is 993 g/mol. The van der Waals surface area contributed by atoms with Crippen molar-refractivity contribution in [2.45, 2.75) is 78.1 Å². The summed E-state index contributed by atoms with van der Waals surface area (Å²) in [5.74, 6) is 0.0260. The Hall–Kier alpha value is -6.44. The van der Waals surface area contributed by atoms with E-state index in [0.717, 1.165) is 11.1 Å². The summed E-state index contributed by atoms with van der Waals surface area (Å²) in [7, 11) is 0.860. The number of benzene rings is 3. The van der Waals surface area contributed by atoms with Gasteiger partial charge in [-0.15, -0.1) is 0 Å². The summed E-state index contributed by atoms with van der Waals surface area (Å²) in [5, 5.41) is 11.3. The molecule has 0 spiro atoms. The van der Waals surface area contributed by atoms with Crippen LogP contribution >= 0.6 is 11.6 Å². The number of carboxylic acid groups (broad SMARTS) is 1. The molecule has 0 fully saturated rings. The molecule has 7 rings (SSSR count). The molecule has 0 saturated carbocycles. The average Bonchev–Trinajstić information content (AvgIpc) is 3.49. The van der Waals surface area contributed by atoms with Crippen molar-refractivity contribution >= 4 is 54.4 Å². The molecule has 0 saturated heterocycles. The molecule has 14 nitrogen and oxygen atoms in total. The Morgan fingerprint density at radius 1 is 0.971 bits per heavy atom. The number of amides is 1. The Morgan fingerprint density at radius 3 is 2.16 bits per heavy atom. The lowest BCUT2D eigenvalue weighted by Crippen LogP contribution is -2.41. The summed E-state index contributed by atoms with van der Waals surface area (Å²) in [4.78, 5) is 33.5. The van der Waals surface area contributed by atoms with Gasteiger partial charge in [-0.1, -0.05) is 62.7 Å². The number of aromatic nitrogens is 4. The molecule has 1 amide bonds. The third-order valence-corrected chi connectivity index (χ3v) is 17.4. The predicted molar refractivity (Wildman–Crippen MR) is 259 cm³/mol. The minimum absolute atomic E-state index is 0.0426. The van der Waals surface area contributed by atoms with Gasteiger partial charge in [0.25, 0.3) is 0 Å². The third kappa shape index (κ3) is 10.9. The summed E-state index contributed by atoms with van der Waals surface area (Å²) in [5.41, 5.74) is -1.36. The number of anilines is 3. The smallest absolute Gasteiger partial charge is 0.418 e. The van der Waals surface area contributed by atoms with Crippen molar-refractivity contribution in [2.75, 3.05) is 55.7 Å². The zero-order valence-electron chi connectivity index (χ0n) is 39.7. The van der Waals surface area contributed by atoms with E-state index in [0.29, 0.717) is 17.1 Å². The Labute approximate surface area is 403 Å². The minimum atomic E-state index is -5.03. The number of pyridine rings is 2. The Morgan fingerprint density at radius 2 is 1.59 bits per heavy atom. The highest BCUT2D eigenvalue weighted by Gasteiger charge is 2.41. The van der Waals surface area contributed by atoms with Gasteiger partial charge in [0.05, 0.1) is 60.6 Å². The standard InChI is InChI=1S/C49H54ClF4N7O7Si/c1-28-25-35(60(26-30-12-16-32(64-6)17-13-30)27-31-14-18-33(65-7)19-15-31)56-41(38(28)49(52,53)54)36-39(50)43-37-42(40(36)51)57-46(67-23-24-68-69(8,9)48(3,4)5)59-45(37)61(21-22-66-43)29(2)34-11-10-20-55-44(34)58-47(62)63/h10-20,25,29H,21-24,26-27H2,1-9H3,(H,55,58)(H,62,63)/t29-/m1/s1. The fourth-order valence-corrected chi connectivity index (χ4v) is 9.18. The number of nitrogens with one attached hydrogen (secondary N) is 1. The summed E-state index contributed by atoms with van der Waals surface area (Å²) in [6, 6.07) is 18.1. The molecule has 3 aromatic carbocycles. The fraction of sp³-hybridized carbons (Fsp3) is 0.367. The number of aryl methyl sites for hydroxylation is 1. The van der Waals surface area contributed by atoms with Crippen LogP contribution in [0.25, 0.3) is 22.2 Å². The molecular formula is C49H54ClF4N7O7Si. The second kappa shape index (κ2) is 20.3. The molecule has 2 N–H and O–H groups in total. The normalized spacial score (nSPS) is 13.4. The van der Waals surface area contributed by atoms with Gasteiger partial charge >= 0.3 is 18.3 Å². The van der Waals surface area contributed by atoms with Crippen LogP contribution in [-0.2, 0) is 23.7 Å². The highest BCUT2D eigenvalue weighted by molar-refractivity contribution is 6.74. The number of ether oxygens (including phenoxy) is 4. The zero-order chi connectivity index (χ0) is 50.0. The minimum Gasteiger partial charge on any atom is -0.497 e. The summed E-state index contributed by atoms with van der Waals surface area (Å²) < 4.78 is 93.8. The van der Waals surface area contributed by atoms with E-state index in [4.69, 9.17) is 40.0 Å². The number of hydrogen-bond acceptors (Lipinski definition) is 12. The summed E-state index contributed by atoms with van der Waals surface area (Å²) in [6.45, 7) is 13.9. The molecule has 1 aliphatic rings. The van der Waals surface area contributed by atoms with Crippen molar-refractivity contribution < 1.29 is 50.8 Å². The number of methoxy groups -OCH3 is 2. The Bertz CT molecular complexity index is 2780. The van der Waals surface area contributed by atoms with Crippen LogP contribution < -0.4 is 34.1 Å². The van der Waals surface area contributed by atoms with E-state index < -0.39 is 59.8 Å². The van der Waals surface area contributed by atoms with Gasteiger partial charge in [-0.3, -0.25) is 5.32 Å². The Balaban J connectivity index is 1.44.